The van der Waals surface area contributed by atoms with E-state index in [0.717, 1.165) is 21.8 Å². The van der Waals surface area contributed by atoms with Crippen molar-refractivity contribution in [2.24, 2.45) is 17.8 Å². The third kappa shape index (κ3) is 13.0. The lowest BCUT2D eigenvalue weighted by Gasteiger charge is -2.38. The minimum Gasteiger partial charge on any atom is -0.466 e. The number of esters is 2. The second-order valence-electron chi connectivity index (χ2n) is 14.8. The van der Waals surface area contributed by atoms with E-state index in [1.165, 1.54) is 6.92 Å². The number of rotatable bonds is 19. The molecule has 0 radical (unpaired) electrons. The SMILES string of the molecule is CCOC(=O)[C@@H](C)C[C@H](Cc1ccccc1)NC(=O)c1csc([C@@H](C[C@H](C(C)C)N(C)C(=O)[C@@H](NC(=O)[C@H]2CCCCN2C(=O)O)[C@@H](C)CC)OC(C)=O)n1. The van der Waals surface area contributed by atoms with Gasteiger partial charge in [0.15, 0.2) is 6.10 Å². The highest BCUT2D eigenvalue weighted by molar-refractivity contribution is 7.09. The minimum atomic E-state index is -1.17. The number of likely N-dealkylation sites (N-methyl/N-ethyl adjacent to an activating group) is 1. The van der Waals surface area contributed by atoms with Crippen LogP contribution in [-0.4, -0.2) is 100 Å². The third-order valence-corrected chi connectivity index (χ3v) is 11.2. The van der Waals surface area contributed by atoms with Gasteiger partial charge in [0.25, 0.3) is 5.91 Å². The van der Waals surface area contributed by atoms with Crippen molar-refractivity contribution >= 4 is 47.1 Å². The van der Waals surface area contributed by atoms with Gasteiger partial charge in [-0.15, -0.1) is 11.3 Å². The van der Waals surface area contributed by atoms with Gasteiger partial charge in [-0.25, -0.2) is 9.78 Å². The van der Waals surface area contributed by atoms with Crippen LogP contribution in [0.25, 0.3) is 0 Å². The van der Waals surface area contributed by atoms with Gasteiger partial charge in [-0.1, -0.05) is 71.4 Å². The molecule has 4 amide bonds. The number of likely N-dealkylation sites (tertiary alicyclic amines) is 1. The average Bonchev–Trinajstić information content (AvgIpc) is 3.65. The predicted molar refractivity (Wildman–Crippen MR) is 208 cm³/mol. The highest BCUT2D eigenvalue weighted by Crippen LogP contribution is 2.31. The van der Waals surface area contributed by atoms with Crippen LogP contribution in [0.5, 0.6) is 0 Å². The molecule has 0 bridgehead atoms. The first-order valence-electron chi connectivity index (χ1n) is 19.3. The zero-order valence-electron chi connectivity index (χ0n) is 33.4. The summed E-state index contributed by atoms with van der Waals surface area (Å²) in [4.78, 5) is 85.3. The molecule has 15 heteroatoms. The summed E-state index contributed by atoms with van der Waals surface area (Å²) in [5, 5.41) is 17.6. The fraction of sp³-hybridized carbons (Fsp3) is 0.625. The zero-order valence-corrected chi connectivity index (χ0v) is 34.2. The monoisotopic (exact) mass is 785 g/mol. The van der Waals surface area contributed by atoms with Crippen LogP contribution in [-0.2, 0) is 35.1 Å². The van der Waals surface area contributed by atoms with Crippen molar-refractivity contribution in [1.29, 1.82) is 0 Å². The second-order valence-corrected chi connectivity index (χ2v) is 15.7. The van der Waals surface area contributed by atoms with E-state index in [4.69, 9.17) is 9.47 Å². The normalized spacial score (nSPS) is 17.5. The van der Waals surface area contributed by atoms with Crippen molar-refractivity contribution in [1.82, 2.24) is 25.4 Å². The molecule has 304 valence electrons. The first-order valence-corrected chi connectivity index (χ1v) is 20.2. The molecule has 0 aliphatic carbocycles. The largest absolute Gasteiger partial charge is 0.466 e. The Labute approximate surface area is 328 Å². The number of carboxylic acid groups (broad SMARTS) is 1. The lowest BCUT2D eigenvalue weighted by molar-refractivity contribution is -0.149. The number of carbonyl (C=O) groups excluding carboxylic acids is 5. The van der Waals surface area contributed by atoms with Crippen molar-refractivity contribution in [3.63, 3.8) is 0 Å². The average molecular weight is 786 g/mol. The Morgan fingerprint density at radius 3 is 2.31 bits per heavy atom. The summed E-state index contributed by atoms with van der Waals surface area (Å²) in [6.07, 6.45) is 1.27. The Bertz CT molecular complexity index is 1600. The molecule has 1 fully saturated rings. The van der Waals surface area contributed by atoms with E-state index < -0.39 is 60.1 Å². The summed E-state index contributed by atoms with van der Waals surface area (Å²) in [7, 11) is 1.65. The first-order chi connectivity index (χ1) is 26.1. The topological polar surface area (TPSA) is 185 Å². The van der Waals surface area contributed by atoms with Gasteiger partial charge in [0.05, 0.1) is 12.5 Å². The maximum absolute atomic E-state index is 14.2. The molecule has 0 saturated carbocycles. The summed E-state index contributed by atoms with van der Waals surface area (Å²) in [5.41, 5.74) is 1.12. The summed E-state index contributed by atoms with van der Waals surface area (Å²) >= 11 is 1.16. The van der Waals surface area contributed by atoms with Crippen LogP contribution >= 0.6 is 11.3 Å². The highest BCUT2D eigenvalue weighted by atomic mass is 32.1. The van der Waals surface area contributed by atoms with E-state index in [2.05, 4.69) is 15.6 Å². The second kappa shape index (κ2) is 21.5. The lowest BCUT2D eigenvalue weighted by Crippen LogP contribution is -2.59. The number of thiazole rings is 1. The Morgan fingerprint density at radius 1 is 1.02 bits per heavy atom. The van der Waals surface area contributed by atoms with E-state index in [9.17, 15) is 33.9 Å². The van der Waals surface area contributed by atoms with Crippen molar-refractivity contribution in [3.8, 4) is 0 Å². The standard InChI is InChI=1S/C40H59N5O9S/c1-9-25(5)34(43-36(48)31-18-14-15-19-45(31)40(51)52)38(49)44(8)32(24(3)4)22-33(54-27(7)46)37-42-30(23-55-37)35(47)41-29(20-26(6)39(50)53-10-2)21-28-16-12-11-13-17-28/h11-13,16-17,23-26,29,31-34H,9-10,14-15,18-22H2,1-8H3,(H,41,47)(H,43,48)(H,51,52)/t25-,26-,29+,31+,32+,33+,34-/m0/s1. The van der Waals surface area contributed by atoms with E-state index >= 15 is 0 Å². The van der Waals surface area contributed by atoms with E-state index in [1.54, 1.807) is 31.2 Å². The first kappa shape index (κ1) is 44.9. The van der Waals surface area contributed by atoms with Gasteiger partial charge >= 0.3 is 18.0 Å². The van der Waals surface area contributed by atoms with Gasteiger partial charge in [-0.05, 0) is 56.4 Å². The quantitative estimate of drug-likeness (QED) is 0.151. The summed E-state index contributed by atoms with van der Waals surface area (Å²) in [5.74, 6) is -3.03. The zero-order chi connectivity index (χ0) is 40.8. The van der Waals surface area contributed by atoms with Crippen LogP contribution in [0.1, 0.15) is 114 Å². The molecule has 2 aromatic rings. The van der Waals surface area contributed by atoms with Gasteiger partial charge in [0.2, 0.25) is 11.8 Å². The number of piperidine rings is 1. The number of aromatic nitrogens is 1. The minimum absolute atomic E-state index is 0.121. The lowest BCUT2D eigenvalue weighted by atomic mass is 9.92. The van der Waals surface area contributed by atoms with Crippen LogP contribution in [0.4, 0.5) is 4.79 Å². The number of hydrogen-bond donors (Lipinski definition) is 3. The number of benzene rings is 1. The number of amides is 4. The van der Waals surface area contributed by atoms with Crippen molar-refractivity contribution in [2.45, 2.75) is 124 Å². The van der Waals surface area contributed by atoms with Gasteiger partial charge in [-0.2, -0.15) is 0 Å². The third-order valence-electron chi connectivity index (χ3n) is 10.2. The Hall–Kier alpha value is -4.53. The van der Waals surface area contributed by atoms with Crippen molar-refractivity contribution in [2.75, 3.05) is 20.2 Å². The van der Waals surface area contributed by atoms with Gasteiger partial charge in [-0.3, -0.25) is 28.9 Å². The number of nitrogens with zero attached hydrogens (tertiary/aromatic N) is 3. The molecule has 1 aromatic carbocycles. The highest BCUT2D eigenvalue weighted by Gasteiger charge is 2.39. The molecule has 3 rings (SSSR count). The van der Waals surface area contributed by atoms with Gasteiger partial charge < -0.3 is 30.1 Å². The van der Waals surface area contributed by atoms with E-state index in [-0.39, 0.29) is 49.0 Å². The maximum Gasteiger partial charge on any atom is 0.407 e. The maximum atomic E-state index is 14.2. The molecule has 0 spiro atoms. The summed E-state index contributed by atoms with van der Waals surface area (Å²) in [6.45, 7) is 13.0. The van der Waals surface area contributed by atoms with E-state index in [0.29, 0.717) is 43.5 Å². The van der Waals surface area contributed by atoms with Crippen LogP contribution in [0.15, 0.2) is 35.7 Å². The Kier molecular flexibility index (Phi) is 17.6. The van der Waals surface area contributed by atoms with Crippen LogP contribution in [0, 0.1) is 17.8 Å². The van der Waals surface area contributed by atoms with Crippen LogP contribution in [0.3, 0.4) is 0 Å². The van der Waals surface area contributed by atoms with Crippen LogP contribution in [0.2, 0.25) is 0 Å². The van der Waals surface area contributed by atoms with Gasteiger partial charge in [0.1, 0.15) is 22.8 Å². The molecule has 0 unspecified atom stereocenters. The molecule has 1 aromatic heterocycles. The molecule has 1 aliphatic rings. The number of ether oxygens (including phenoxy) is 2. The fourth-order valence-electron chi connectivity index (χ4n) is 6.94. The molecule has 3 N–H and O–H groups in total. The molecule has 55 heavy (non-hydrogen) atoms. The predicted octanol–water partition coefficient (Wildman–Crippen LogP) is 5.61. The summed E-state index contributed by atoms with van der Waals surface area (Å²) in [6, 6.07) is 6.95. The molecule has 14 nitrogen and oxygen atoms in total. The Morgan fingerprint density at radius 2 is 1.71 bits per heavy atom. The van der Waals surface area contributed by atoms with Crippen molar-refractivity contribution in [3.05, 3.63) is 52.0 Å². The van der Waals surface area contributed by atoms with Crippen LogP contribution < -0.4 is 10.6 Å². The van der Waals surface area contributed by atoms with Crippen molar-refractivity contribution < 1.29 is 43.3 Å². The molecule has 1 saturated heterocycles. The summed E-state index contributed by atoms with van der Waals surface area (Å²) < 4.78 is 11.0. The smallest absolute Gasteiger partial charge is 0.407 e. The molecule has 2 heterocycles. The molecule has 1 aliphatic heterocycles. The Balaban J connectivity index is 1.83. The number of carbonyl (C=O) groups is 6. The number of nitrogens with one attached hydrogen (secondary N) is 2. The number of hydrogen-bond acceptors (Lipinski definition) is 10. The fourth-order valence-corrected chi connectivity index (χ4v) is 7.78. The molecular formula is C40H59N5O9S. The van der Waals surface area contributed by atoms with Gasteiger partial charge in [0, 0.05) is 44.4 Å². The molecular weight excluding hydrogens is 727 g/mol. The molecule has 7 atom stereocenters. The van der Waals surface area contributed by atoms with E-state index in [1.807, 2.05) is 58.0 Å².